The predicted molar refractivity (Wildman–Crippen MR) is 91.2 cm³/mol. The van der Waals surface area contributed by atoms with Crippen molar-refractivity contribution in [2.45, 2.75) is 63.2 Å². The molecule has 0 unspecified atom stereocenters. The van der Waals surface area contributed by atoms with Crippen molar-refractivity contribution in [3.63, 3.8) is 0 Å². The first-order valence-electron chi connectivity index (χ1n) is 7.89. The van der Waals surface area contributed by atoms with Gasteiger partial charge in [-0.15, -0.1) is 12.4 Å². The van der Waals surface area contributed by atoms with E-state index in [4.69, 9.17) is 10.5 Å². The average Bonchev–Trinajstić information content (AvgIpc) is 2.97. The Hall–Kier alpha value is 0.0300. The van der Waals surface area contributed by atoms with Gasteiger partial charge in [0.2, 0.25) is 5.91 Å². The number of nitrogens with zero attached hydrogens (tertiary/aromatic N) is 1. The summed E-state index contributed by atoms with van der Waals surface area (Å²) in [7, 11) is 0. The molecule has 1 heterocycles. The van der Waals surface area contributed by atoms with Crippen LogP contribution < -0.4 is 5.73 Å². The molecule has 1 aliphatic carbocycles. The maximum atomic E-state index is 12.2. The number of nitrogens with two attached hydrogens (primary N) is 1. The number of halogens is 1. The highest BCUT2D eigenvalue weighted by Gasteiger charge is 2.28. The van der Waals surface area contributed by atoms with Gasteiger partial charge in [-0.1, -0.05) is 12.8 Å². The largest absolute Gasteiger partial charge is 0.375 e. The van der Waals surface area contributed by atoms with E-state index in [-0.39, 0.29) is 24.4 Å². The average molecular weight is 337 g/mol. The van der Waals surface area contributed by atoms with E-state index in [9.17, 15) is 4.79 Å². The fourth-order valence-electron chi connectivity index (χ4n) is 3.11. The lowest BCUT2D eigenvalue weighted by Gasteiger charge is -2.34. The van der Waals surface area contributed by atoms with E-state index in [1.807, 2.05) is 11.2 Å². The summed E-state index contributed by atoms with van der Waals surface area (Å²) < 4.78 is 6.13. The molecule has 0 aromatic heterocycles. The summed E-state index contributed by atoms with van der Waals surface area (Å²) in [4.78, 5) is 14.1. The second-order valence-corrected chi connectivity index (χ2v) is 6.94. The van der Waals surface area contributed by atoms with Crippen molar-refractivity contribution in [3.05, 3.63) is 0 Å². The molecule has 0 aromatic rings. The van der Waals surface area contributed by atoms with Gasteiger partial charge in [-0.2, -0.15) is 11.8 Å². The normalized spacial score (nSPS) is 22.1. The lowest BCUT2D eigenvalue weighted by Crippen LogP contribution is -2.48. The zero-order valence-electron chi connectivity index (χ0n) is 13.0. The zero-order chi connectivity index (χ0) is 14.4. The van der Waals surface area contributed by atoms with Gasteiger partial charge < -0.3 is 15.4 Å². The molecule has 1 saturated carbocycles. The van der Waals surface area contributed by atoms with Gasteiger partial charge in [0, 0.05) is 13.1 Å². The molecule has 1 amide bonds. The minimum atomic E-state index is -0.324. The molecule has 6 heteroatoms. The minimum absolute atomic E-state index is 0. The highest BCUT2D eigenvalue weighted by Crippen LogP contribution is 2.25. The monoisotopic (exact) mass is 336 g/mol. The van der Waals surface area contributed by atoms with E-state index in [1.54, 1.807) is 11.8 Å². The number of thioether (sulfide) groups is 1. The molecule has 2 aliphatic rings. The molecule has 4 nitrogen and oxygen atoms in total. The van der Waals surface area contributed by atoms with Gasteiger partial charge in [-0.25, -0.2) is 0 Å². The molecule has 0 spiro atoms. The van der Waals surface area contributed by atoms with E-state index in [1.165, 1.54) is 25.7 Å². The molecule has 1 atom stereocenters. The lowest BCUT2D eigenvalue weighted by atomic mass is 10.1. The number of piperidine rings is 1. The zero-order valence-corrected chi connectivity index (χ0v) is 14.6. The molecular weight excluding hydrogens is 308 g/mol. The minimum Gasteiger partial charge on any atom is -0.375 e. The van der Waals surface area contributed by atoms with Crippen LogP contribution in [0.25, 0.3) is 0 Å². The third kappa shape index (κ3) is 5.97. The van der Waals surface area contributed by atoms with Gasteiger partial charge >= 0.3 is 0 Å². The quantitative estimate of drug-likeness (QED) is 0.809. The number of hydrogen-bond donors (Lipinski definition) is 1. The van der Waals surface area contributed by atoms with E-state index in [0.29, 0.717) is 12.2 Å². The molecule has 1 saturated heterocycles. The Kier molecular flexibility index (Phi) is 9.02. The first kappa shape index (κ1) is 19.1. The Morgan fingerprint density at radius 1 is 1.24 bits per heavy atom. The molecule has 2 fully saturated rings. The van der Waals surface area contributed by atoms with Gasteiger partial charge in [0.25, 0.3) is 0 Å². The number of carbonyl (C=O) groups excluding carboxylic acids is 1. The maximum Gasteiger partial charge on any atom is 0.239 e. The Bertz CT molecular complexity index is 306. The number of likely N-dealkylation sites (tertiary alicyclic amines) is 1. The first-order valence-corrected chi connectivity index (χ1v) is 9.29. The summed E-state index contributed by atoms with van der Waals surface area (Å²) in [5.74, 6) is 1.08. The van der Waals surface area contributed by atoms with Crippen LogP contribution in [-0.2, 0) is 9.53 Å². The van der Waals surface area contributed by atoms with Crippen molar-refractivity contribution in [3.8, 4) is 0 Å². The van der Waals surface area contributed by atoms with Gasteiger partial charge in [0.05, 0.1) is 18.2 Å². The molecule has 2 N–H and O–H groups in total. The molecule has 1 aliphatic heterocycles. The topological polar surface area (TPSA) is 55.6 Å². The number of ether oxygens (including phenoxy) is 1. The van der Waals surface area contributed by atoms with Crippen LogP contribution in [0.4, 0.5) is 0 Å². The summed E-state index contributed by atoms with van der Waals surface area (Å²) in [6.45, 7) is 1.62. The van der Waals surface area contributed by atoms with E-state index in [0.717, 1.165) is 38.1 Å². The van der Waals surface area contributed by atoms with Crippen LogP contribution in [0.15, 0.2) is 0 Å². The summed E-state index contributed by atoms with van der Waals surface area (Å²) >= 11 is 1.74. The van der Waals surface area contributed by atoms with Crippen molar-refractivity contribution < 1.29 is 9.53 Å². The fourth-order valence-corrected chi connectivity index (χ4v) is 3.60. The Balaban J connectivity index is 0.00000220. The third-order valence-corrected chi connectivity index (χ3v) is 5.03. The third-order valence-electron chi connectivity index (χ3n) is 4.39. The van der Waals surface area contributed by atoms with Crippen molar-refractivity contribution >= 4 is 30.1 Å². The molecule has 2 rings (SSSR count). The SMILES string of the molecule is CSCC[C@H](N)C(=O)N1CCC(OC2CCCC2)CC1.Cl. The standard InChI is InChI=1S/C15H28N2O2S.ClH/c1-20-11-8-14(16)15(18)17-9-6-13(7-10-17)19-12-4-2-3-5-12;/h12-14H,2-11,16H2,1H3;1H/t14-;/m0./s1. The predicted octanol–water partition coefficient (Wildman–Crippen LogP) is 2.44. The maximum absolute atomic E-state index is 12.2. The van der Waals surface area contributed by atoms with Crippen LogP contribution in [0, 0.1) is 0 Å². The summed E-state index contributed by atoms with van der Waals surface area (Å²) in [5, 5.41) is 0. The second-order valence-electron chi connectivity index (χ2n) is 5.96. The first-order chi connectivity index (χ1) is 9.70. The number of hydrogen-bond acceptors (Lipinski definition) is 4. The van der Waals surface area contributed by atoms with Crippen LogP contribution in [0.2, 0.25) is 0 Å². The van der Waals surface area contributed by atoms with Gasteiger partial charge in [0.15, 0.2) is 0 Å². The second kappa shape index (κ2) is 9.93. The lowest BCUT2D eigenvalue weighted by molar-refractivity contribution is -0.136. The molecular formula is C15H29ClN2O2S. The van der Waals surface area contributed by atoms with Gasteiger partial charge in [-0.05, 0) is 44.1 Å². The summed E-state index contributed by atoms with van der Waals surface area (Å²) in [5.41, 5.74) is 5.97. The van der Waals surface area contributed by atoms with E-state index < -0.39 is 0 Å². The van der Waals surface area contributed by atoms with Gasteiger partial charge in [0.1, 0.15) is 0 Å². The summed E-state index contributed by atoms with van der Waals surface area (Å²) in [6.07, 6.45) is 10.7. The van der Waals surface area contributed by atoms with E-state index >= 15 is 0 Å². The van der Waals surface area contributed by atoms with Crippen molar-refractivity contribution in [1.29, 1.82) is 0 Å². The van der Waals surface area contributed by atoms with Crippen molar-refractivity contribution in [2.75, 3.05) is 25.1 Å². The molecule has 124 valence electrons. The molecule has 0 bridgehead atoms. The van der Waals surface area contributed by atoms with Crippen LogP contribution in [0.3, 0.4) is 0 Å². The smallest absolute Gasteiger partial charge is 0.239 e. The molecule has 21 heavy (non-hydrogen) atoms. The van der Waals surface area contributed by atoms with Crippen molar-refractivity contribution in [2.24, 2.45) is 5.73 Å². The Morgan fingerprint density at radius 2 is 1.81 bits per heavy atom. The van der Waals surface area contributed by atoms with E-state index in [2.05, 4.69) is 0 Å². The number of amides is 1. The Morgan fingerprint density at radius 3 is 2.38 bits per heavy atom. The fraction of sp³-hybridized carbons (Fsp3) is 0.933. The van der Waals surface area contributed by atoms with Crippen LogP contribution >= 0.6 is 24.2 Å². The van der Waals surface area contributed by atoms with Crippen molar-refractivity contribution in [1.82, 2.24) is 4.90 Å². The molecule has 0 radical (unpaired) electrons. The Labute approximate surface area is 138 Å². The highest BCUT2D eigenvalue weighted by molar-refractivity contribution is 7.98. The van der Waals surface area contributed by atoms with Gasteiger partial charge in [-0.3, -0.25) is 4.79 Å². The van der Waals surface area contributed by atoms with Crippen LogP contribution in [0.5, 0.6) is 0 Å². The number of carbonyl (C=O) groups is 1. The highest BCUT2D eigenvalue weighted by atomic mass is 35.5. The van der Waals surface area contributed by atoms with Crippen LogP contribution in [0.1, 0.15) is 44.9 Å². The molecule has 0 aromatic carbocycles. The summed E-state index contributed by atoms with van der Waals surface area (Å²) in [6, 6.07) is -0.324. The van der Waals surface area contributed by atoms with Crippen LogP contribution in [-0.4, -0.2) is 54.2 Å². The number of rotatable bonds is 6.